The van der Waals surface area contributed by atoms with Gasteiger partial charge in [0.25, 0.3) is 0 Å². The zero-order valence-electron chi connectivity index (χ0n) is 7.72. The first-order chi connectivity index (χ1) is 7.27. The predicted molar refractivity (Wildman–Crippen MR) is 53.5 cm³/mol. The Morgan fingerprint density at radius 3 is 2.44 bits per heavy atom. The first kappa shape index (κ1) is 12.8. The zero-order chi connectivity index (χ0) is 12.5. The molecule has 0 fully saturated rings. The summed E-state index contributed by atoms with van der Waals surface area (Å²) in [5.41, 5.74) is 4.16. The smallest absolute Gasteiger partial charge is 0.407 e. The topological polar surface area (TPSA) is 70.0 Å². The molecule has 0 saturated heterocycles. The van der Waals surface area contributed by atoms with Crippen molar-refractivity contribution in [3.63, 3.8) is 0 Å². The van der Waals surface area contributed by atoms with Gasteiger partial charge in [0.2, 0.25) is 0 Å². The van der Waals surface area contributed by atoms with Crippen LogP contribution in [0.1, 0.15) is 17.2 Å². The normalized spacial score (nSPS) is 13.2. The van der Waals surface area contributed by atoms with Gasteiger partial charge in [-0.1, -0.05) is 15.9 Å². The van der Waals surface area contributed by atoms with Gasteiger partial charge in [-0.2, -0.15) is 18.4 Å². The van der Waals surface area contributed by atoms with Crippen molar-refractivity contribution >= 4 is 15.9 Å². The maximum absolute atomic E-state index is 12.3. The van der Waals surface area contributed by atoms with Crippen molar-refractivity contribution in [3.05, 3.63) is 27.7 Å². The lowest BCUT2D eigenvalue weighted by atomic mass is 10.0. The minimum Gasteiger partial charge on any atom is -0.506 e. The molecular formula is C9H6BrF3N2O. The molecule has 0 aliphatic heterocycles. The van der Waals surface area contributed by atoms with E-state index in [-0.39, 0.29) is 10.0 Å². The summed E-state index contributed by atoms with van der Waals surface area (Å²) in [6, 6.07) is 1.50. The van der Waals surface area contributed by atoms with Crippen LogP contribution in [0.25, 0.3) is 0 Å². The number of phenolic OH excluding ortho intramolecular Hbond substituents is 1. The fourth-order valence-corrected chi connectivity index (χ4v) is 1.59. The van der Waals surface area contributed by atoms with E-state index in [1.165, 1.54) is 6.07 Å². The second kappa shape index (κ2) is 4.31. The summed E-state index contributed by atoms with van der Waals surface area (Å²) in [5, 5.41) is 18.0. The maximum Gasteiger partial charge on any atom is 0.407 e. The number of rotatable bonds is 1. The lowest BCUT2D eigenvalue weighted by Crippen LogP contribution is -2.28. The summed E-state index contributed by atoms with van der Waals surface area (Å²) in [6.07, 6.45) is -4.68. The van der Waals surface area contributed by atoms with E-state index < -0.39 is 23.5 Å². The molecule has 0 aliphatic carbocycles. The number of halogens is 4. The van der Waals surface area contributed by atoms with Gasteiger partial charge in [-0.05, 0) is 12.1 Å². The molecule has 0 unspecified atom stereocenters. The van der Waals surface area contributed by atoms with Crippen LogP contribution in [0.2, 0.25) is 0 Å². The highest BCUT2D eigenvalue weighted by Gasteiger charge is 2.39. The Morgan fingerprint density at radius 2 is 2.00 bits per heavy atom. The average Bonchev–Trinajstić information content (AvgIpc) is 2.18. The second-order valence-electron chi connectivity index (χ2n) is 3.02. The molecule has 3 nitrogen and oxygen atoms in total. The third-order valence-corrected chi connectivity index (χ3v) is 2.37. The maximum atomic E-state index is 12.3. The van der Waals surface area contributed by atoms with E-state index in [9.17, 15) is 18.3 Å². The first-order valence-corrected chi connectivity index (χ1v) is 4.81. The van der Waals surface area contributed by atoms with E-state index in [4.69, 9.17) is 11.0 Å². The average molecular weight is 295 g/mol. The Bertz CT molecular complexity index is 453. The molecule has 7 heteroatoms. The third-order valence-electron chi connectivity index (χ3n) is 1.91. The Balaban J connectivity index is 3.35. The van der Waals surface area contributed by atoms with Crippen LogP contribution in [0, 0.1) is 11.3 Å². The summed E-state index contributed by atoms with van der Waals surface area (Å²) in [6.45, 7) is 0. The molecule has 0 heterocycles. The minimum absolute atomic E-state index is 0.247. The van der Waals surface area contributed by atoms with Gasteiger partial charge < -0.3 is 10.8 Å². The van der Waals surface area contributed by atoms with Gasteiger partial charge in [-0.25, -0.2) is 0 Å². The number of alkyl halides is 3. The predicted octanol–water partition coefficient (Wildman–Crippen LogP) is 2.59. The zero-order valence-corrected chi connectivity index (χ0v) is 9.30. The molecule has 3 N–H and O–H groups in total. The number of hydrogen-bond acceptors (Lipinski definition) is 3. The molecule has 0 aliphatic rings. The molecule has 86 valence electrons. The molecule has 1 aromatic rings. The van der Waals surface area contributed by atoms with Gasteiger partial charge in [0.1, 0.15) is 17.9 Å². The van der Waals surface area contributed by atoms with E-state index in [0.29, 0.717) is 0 Å². The molecule has 0 saturated carbocycles. The number of benzene rings is 1. The van der Waals surface area contributed by atoms with E-state index in [0.717, 1.165) is 6.07 Å². The van der Waals surface area contributed by atoms with E-state index in [1.54, 1.807) is 6.07 Å². The third kappa shape index (κ3) is 2.46. The Hall–Kier alpha value is -1.26. The fraction of sp³-hybridized carbons (Fsp3) is 0.222. The number of nitriles is 1. The minimum atomic E-state index is -4.68. The van der Waals surface area contributed by atoms with Crippen LogP contribution >= 0.6 is 15.9 Å². The number of hydrogen-bond donors (Lipinski definition) is 2. The molecular weight excluding hydrogens is 289 g/mol. The van der Waals surface area contributed by atoms with Crippen molar-refractivity contribution in [1.29, 1.82) is 5.26 Å². The van der Waals surface area contributed by atoms with Crippen LogP contribution in [-0.4, -0.2) is 11.3 Å². The largest absolute Gasteiger partial charge is 0.506 e. The molecule has 0 radical (unpaired) electrons. The number of nitrogens with two attached hydrogens (primary N) is 1. The number of aromatic hydroxyl groups is 1. The first-order valence-electron chi connectivity index (χ1n) is 4.02. The quantitative estimate of drug-likeness (QED) is 0.836. The SMILES string of the molecule is N#Cc1cc(Br)cc([C@H](N)C(F)(F)F)c1O. The standard InChI is InChI=1S/C9H6BrF3N2O/c10-5-1-4(3-14)7(16)6(2-5)8(15)9(11,12)13/h1-2,8,16H,15H2/t8-/m0/s1. The van der Waals surface area contributed by atoms with Crippen LogP contribution in [0.3, 0.4) is 0 Å². The summed E-state index contributed by atoms with van der Waals surface area (Å²) >= 11 is 2.94. The molecule has 0 spiro atoms. The van der Waals surface area contributed by atoms with Crippen molar-refractivity contribution in [2.24, 2.45) is 5.73 Å². The van der Waals surface area contributed by atoms with Crippen LogP contribution < -0.4 is 5.73 Å². The van der Waals surface area contributed by atoms with Crippen molar-refractivity contribution in [2.45, 2.75) is 12.2 Å². The van der Waals surface area contributed by atoms with Crippen LogP contribution in [0.15, 0.2) is 16.6 Å². The molecule has 0 bridgehead atoms. The van der Waals surface area contributed by atoms with Crippen LogP contribution in [0.5, 0.6) is 5.75 Å². The molecule has 0 aromatic heterocycles. The van der Waals surface area contributed by atoms with Crippen molar-refractivity contribution in [3.8, 4) is 11.8 Å². The van der Waals surface area contributed by atoms with E-state index in [2.05, 4.69) is 15.9 Å². The van der Waals surface area contributed by atoms with Crippen molar-refractivity contribution in [2.75, 3.05) is 0 Å². The number of phenols is 1. The lowest BCUT2D eigenvalue weighted by Gasteiger charge is -2.17. The molecule has 1 aromatic carbocycles. The molecule has 16 heavy (non-hydrogen) atoms. The van der Waals surface area contributed by atoms with Crippen molar-refractivity contribution in [1.82, 2.24) is 0 Å². The van der Waals surface area contributed by atoms with Gasteiger partial charge in [-0.3, -0.25) is 0 Å². The summed E-state index contributed by atoms with van der Waals surface area (Å²) in [7, 11) is 0. The number of nitrogens with zero attached hydrogens (tertiary/aromatic N) is 1. The highest BCUT2D eigenvalue weighted by Crippen LogP contribution is 2.38. The highest BCUT2D eigenvalue weighted by atomic mass is 79.9. The monoisotopic (exact) mass is 294 g/mol. The van der Waals surface area contributed by atoms with Gasteiger partial charge in [-0.15, -0.1) is 0 Å². The van der Waals surface area contributed by atoms with Crippen molar-refractivity contribution < 1.29 is 18.3 Å². The molecule has 0 amide bonds. The second-order valence-corrected chi connectivity index (χ2v) is 3.94. The molecule has 1 rings (SSSR count). The summed E-state index contributed by atoms with van der Waals surface area (Å²) < 4.78 is 37.3. The van der Waals surface area contributed by atoms with Gasteiger partial charge >= 0.3 is 6.18 Å². The van der Waals surface area contributed by atoms with Crippen LogP contribution in [0.4, 0.5) is 13.2 Å². The lowest BCUT2D eigenvalue weighted by molar-refractivity contribution is -0.149. The Labute approximate surface area is 97.4 Å². The summed E-state index contributed by atoms with van der Waals surface area (Å²) in [5.74, 6) is -0.740. The Kier molecular flexibility index (Phi) is 3.45. The van der Waals surface area contributed by atoms with E-state index in [1.807, 2.05) is 0 Å². The van der Waals surface area contributed by atoms with Crippen LogP contribution in [-0.2, 0) is 0 Å². The fourth-order valence-electron chi connectivity index (χ4n) is 1.12. The van der Waals surface area contributed by atoms with Gasteiger partial charge in [0.15, 0.2) is 0 Å². The summed E-state index contributed by atoms with van der Waals surface area (Å²) in [4.78, 5) is 0. The van der Waals surface area contributed by atoms with Gasteiger partial charge in [0, 0.05) is 10.0 Å². The van der Waals surface area contributed by atoms with Gasteiger partial charge in [0.05, 0.1) is 5.56 Å². The molecule has 1 atom stereocenters. The van der Waals surface area contributed by atoms with E-state index >= 15 is 0 Å². The Morgan fingerprint density at radius 1 is 1.44 bits per heavy atom. The highest BCUT2D eigenvalue weighted by molar-refractivity contribution is 9.10.